The molecule has 7 heteroatoms. The number of urea groups is 1. The lowest BCUT2D eigenvalue weighted by Gasteiger charge is -2.36. The van der Waals surface area contributed by atoms with Crippen LogP contribution in [0.2, 0.25) is 0 Å². The molecule has 1 saturated heterocycles. The first-order valence-corrected chi connectivity index (χ1v) is 12.4. The Labute approximate surface area is 201 Å². The topological polar surface area (TPSA) is 55.9 Å². The maximum Gasteiger partial charge on any atom is 0.321 e. The van der Waals surface area contributed by atoms with E-state index in [1.807, 2.05) is 40.1 Å². The second kappa shape index (κ2) is 12.0. The number of anilines is 1. The molecular weight excluding hydrogens is 431 g/mol. The van der Waals surface area contributed by atoms with Crippen LogP contribution in [0.15, 0.2) is 54.6 Å². The molecule has 1 aliphatic heterocycles. The molecule has 3 amide bonds. The molecule has 2 aromatic rings. The van der Waals surface area contributed by atoms with E-state index in [0.29, 0.717) is 26.2 Å². The van der Waals surface area contributed by atoms with Gasteiger partial charge in [-0.3, -0.25) is 9.69 Å². The zero-order valence-corrected chi connectivity index (χ0v) is 19.8. The van der Waals surface area contributed by atoms with Crippen molar-refractivity contribution in [2.75, 3.05) is 44.6 Å². The normalized spacial score (nSPS) is 17.4. The van der Waals surface area contributed by atoms with Crippen LogP contribution in [0.1, 0.15) is 37.7 Å². The van der Waals surface area contributed by atoms with E-state index in [-0.39, 0.29) is 23.7 Å². The van der Waals surface area contributed by atoms with Crippen molar-refractivity contribution >= 4 is 17.6 Å². The van der Waals surface area contributed by atoms with Gasteiger partial charge >= 0.3 is 6.03 Å². The van der Waals surface area contributed by atoms with E-state index in [2.05, 4.69) is 10.2 Å². The van der Waals surface area contributed by atoms with Crippen molar-refractivity contribution in [3.05, 3.63) is 66.0 Å². The predicted octanol–water partition coefficient (Wildman–Crippen LogP) is 4.58. The van der Waals surface area contributed by atoms with Gasteiger partial charge in [-0.05, 0) is 42.7 Å². The highest BCUT2D eigenvalue weighted by Crippen LogP contribution is 2.26. The highest BCUT2D eigenvalue weighted by Gasteiger charge is 2.27. The summed E-state index contributed by atoms with van der Waals surface area (Å²) in [6, 6.07) is 15.9. The van der Waals surface area contributed by atoms with Crippen LogP contribution in [0, 0.1) is 11.7 Å². The van der Waals surface area contributed by atoms with Crippen LogP contribution >= 0.6 is 0 Å². The summed E-state index contributed by atoms with van der Waals surface area (Å²) in [5, 5.41) is 2.95. The molecule has 0 atom stereocenters. The smallest absolute Gasteiger partial charge is 0.321 e. The molecule has 1 aliphatic carbocycles. The van der Waals surface area contributed by atoms with E-state index < -0.39 is 0 Å². The van der Waals surface area contributed by atoms with Gasteiger partial charge in [0.15, 0.2) is 0 Å². The molecule has 2 fully saturated rings. The molecule has 1 saturated carbocycles. The molecule has 0 bridgehead atoms. The molecule has 182 valence electrons. The van der Waals surface area contributed by atoms with Crippen molar-refractivity contribution in [3.63, 3.8) is 0 Å². The first-order chi connectivity index (χ1) is 16.6. The quantitative estimate of drug-likeness (QED) is 0.650. The van der Waals surface area contributed by atoms with Gasteiger partial charge in [0.1, 0.15) is 5.82 Å². The van der Waals surface area contributed by atoms with E-state index in [0.717, 1.165) is 56.6 Å². The Kier molecular flexibility index (Phi) is 8.52. The molecule has 6 nitrogen and oxygen atoms in total. The standard InChI is InChI=1S/C27H35FN4O2/c28-24-13-11-22(12-14-24)21-32(26(33)23-7-3-1-4-8-23)20-17-30-15-18-31(19-16-30)27(34)29-25-9-5-2-6-10-25/h2,5-6,9-14,23H,1,3-4,7-8,15-21H2,(H,29,34). The summed E-state index contributed by atoms with van der Waals surface area (Å²) in [7, 11) is 0. The van der Waals surface area contributed by atoms with Gasteiger partial charge in [0.2, 0.25) is 5.91 Å². The predicted molar refractivity (Wildman–Crippen MR) is 132 cm³/mol. The molecule has 1 N–H and O–H groups in total. The van der Waals surface area contributed by atoms with Gasteiger partial charge in [-0.2, -0.15) is 0 Å². The van der Waals surface area contributed by atoms with Gasteiger partial charge < -0.3 is 15.1 Å². The summed E-state index contributed by atoms with van der Waals surface area (Å²) in [6.07, 6.45) is 5.38. The molecule has 34 heavy (non-hydrogen) atoms. The lowest BCUT2D eigenvalue weighted by molar-refractivity contribution is -0.137. The summed E-state index contributed by atoms with van der Waals surface area (Å²) in [5.41, 5.74) is 1.75. The number of benzene rings is 2. The number of carbonyl (C=O) groups excluding carboxylic acids is 2. The summed E-state index contributed by atoms with van der Waals surface area (Å²) in [6.45, 7) is 4.81. The van der Waals surface area contributed by atoms with Crippen LogP contribution < -0.4 is 5.32 Å². The molecule has 0 unspecified atom stereocenters. The van der Waals surface area contributed by atoms with Gasteiger partial charge in [0, 0.05) is 57.4 Å². The average Bonchev–Trinajstić information content (AvgIpc) is 2.88. The minimum absolute atomic E-state index is 0.0729. The minimum Gasteiger partial charge on any atom is -0.337 e. The Morgan fingerprint density at radius 3 is 2.26 bits per heavy atom. The highest BCUT2D eigenvalue weighted by atomic mass is 19.1. The van der Waals surface area contributed by atoms with Gasteiger partial charge in [-0.25, -0.2) is 9.18 Å². The Morgan fingerprint density at radius 1 is 0.912 bits per heavy atom. The summed E-state index contributed by atoms with van der Waals surface area (Å²) in [4.78, 5) is 32.0. The van der Waals surface area contributed by atoms with Gasteiger partial charge in [0.25, 0.3) is 0 Å². The van der Waals surface area contributed by atoms with Crippen molar-refractivity contribution in [1.29, 1.82) is 0 Å². The SMILES string of the molecule is O=C(Nc1ccccc1)N1CCN(CCN(Cc2ccc(F)cc2)C(=O)C2CCCCC2)CC1. The third-order valence-electron chi connectivity index (χ3n) is 6.92. The van der Waals surface area contributed by atoms with Crippen LogP contribution in [0.4, 0.5) is 14.9 Å². The lowest BCUT2D eigenvalue weighted by Crippen LogP contribution is -2.51. The first kappa shape index (κ1) is 24.2. The molecular formula is C27H35FN4O2. The van der Waals surface area contributed by atoms with Crippen LogP contribution in [0.25, 0.3) is 0 Å². The molecule has 0 radical (unpaired) electrons. The largest absolute Gasteiger partial charge is 0.337 e. The second-order valence-electron chi connectivity index (χ2n) is 9.35. The Hall–Kier alpha value is -2.93. The molecule has 0 aromatic heterocycles. The second-order valence-corrected chi connectivity index (χ2v) is 9.35. The minimum atomic E-state index is -0.261. The molecule has 0 spiro atoms. The summed E-state index contributed by atoms with van der Waals surface area (Å²) >= 11 is 0. The number of piperazine rings is 1. The third-order valence-corrected chi connectivity index (χ3v) is 6.92. The highest BCUT2D eigenvalue weighted by molar-refractivity contribution is 5.89. The number of hydrogen-bond acceptors (Lipinski definition) is 3. The lowest BCUT2D eigenvalue weighted by atomic mass is 9.88. The van der Waals surface area contributed by atoms with Crippen LogP contribution in [-0.4, -0.2) is 65.9 Å². The monoisotopic (exact) mass is 466 g/mol. The van der Waals surface area contributed by atoms with Gasteiger partial charge in [0.05, 0.1) is 0 Å². The molecule has 2 aliphatic rings. The first-order valence-electron chi connectivity index (χ1n) is 12.4. The average molecular weight is 467 g/mol. The number of para-hydroxylation sites is 1. The summed E-state index contributed by atoms with van der Waals surface area (Å²) < 4.78 is 13.4. The number of amides is 3. The fourth-order valence-electron chi connectivity index (χ4n) is 4.85. The maximum absolute atomic E-state index is 13.4. The van der Waals surface area contributed by atoms with Crippen molar-refractivity contribution in [3.8, 4) is 0 Å². The van der Waals surface area contributed by atoms with Crippen LogP contribution in [-0.2, 0) is 11.3 Å². The van der Waals surface area contributed by atoms with Crippen molar-refractivity contribution in [2.45, 2.75) is 38.6 Å². The van der Waals surface area contributed by atoms with Crippen LogP contribution in [0.5, 0.6) is 0 Å². The number of nitrogens with zero attached hydrogens (tertiary/aromatic N) is 3. The van der Waals surface area contributed by atoms with E-state index in [4.69, 9.17) is 0 Å². The van der Waals surface area contributed by atoms with Gasteiger partial charge in [-0.15, -0.1) is 0 Å². The van der Waals surface area contributed by atoms with E-state index in [1.54, 1.807) is 12.1 Å². The Balaban J connectivity index is 1.29. The van der Waals surface area contributed by atoms with Crippen LogP contribution in [0.3, 0.4) is 0 Å². The number of hydrogen-bond donors (Lipinski definition) is 1. The van der Waals surface area contributed by atoms with E-state index >= 15 is 0 Å². The molecule has 2 aromatic carbocycles. The van der Waals surface area contributed by atoms with Crippen molar-refractivity contribution < 1.29 is 14.0 Å². The van der Waals surface area contributed by atoms with E-state index in [9.17, 15) is 14.0 Å². The molecule has 4 rings (SSSR count). The summed E-state index contributed by atoms with van der Waals surface area (Å²) in [5.74, 6) is 0.0701. The maximum atomic E-state index is 13.4. The zero-order valence-electron chi connectivity index (χ0n) is 19.8. The third kappa shape index (κ3) is 6.79. The Morgan fingerprint density at radius 2 is 1.59 bits per heavy atom. The number of halogens is 1. The fourth-order valence-corrected chi connectivity index (χ4v) is 4.85. The number of carbonyl (C=O) groups is 2. The fraction of sp³-hybridized carbons (Fsp3) is 0.481. The van der Waals surface area contributed by atoms with Crippen molar-refractivity contribution in [1.82, 2.24) is 14.7 Å². The number of rotatable bonds is 7. The van der Waals surface area contributed by atoms with Gasteiger partial charge in [-0.1, -0.05) is 49.6 Å². The van der Waals surface area contributed by atoms with E-state index in [1.165, 1.54) is 18.6 Å². The number of nitrogens with one attached hydrogen (secondary N) is 1. The zero-order chi connectivity index (χ0) is 23.8. The van der Waals surface area contributed by atoms with Crippen molar-refractivity contribution in [2.24, 2.45) is 5.92 Å². The Bertz CT molecular complexity index is 923. The molecule has 1 heterocycles.